The molecule has 0 aliphatic heterocycles. The van der Waals surface area contributed by atoms with Gasteiger partial charge >= 0.3 is 5.97 Å². The molecule has 2 rings (SSSR count). The molecule has 0 fully saturated rings. The molecule has 0 saturated carbocycles. The molecular formula is C14H14N2O4. The van der Waals surface area contributed by atoms with Gasteiger partial charge in [-0.05, 0) is 30.7 Å². The van der Waals surface area contributed by atoms with Crippen LogP contribution in [0.2, 0.25) is 0 Å². The van der Waals surface area contributed by atoms with E-state index in [4.69, 9.17) is 4.74 Å². The normalized spacial score (nSPS) is 10.2. The highest BCUT2D eigenvalue weighted by atomic mass is 16.5. The zero-order valence-corrected chi connectivity index (χ0v) is 11.4. The van der Waals surface area contributed by atoms with Gasteiger partial charge in [0.05, 0.1) is 19.9 Å². The Hall–Kier alpha value is -2.63. The Morgan fingerprint density at radius 1 is 1.25 bits per heavy atom. The van der Waals surface area contributed by atoms with Crippen molar-refractivity contribution < 1.29 is 14.3 Å². The van der Waals surface area contributed by atoms with Crippen LogP contribution in [0.1, 0.15) is 16.1 Å². The van der Waals surface area contributed by atoms with Crippen molar-refractivity contribution in [2.45, 2.75) is 6.92 Å². The van der Waals surface area contributed by atoms with E-state index in [1.807, 2.05) is 13.0 Å². The van der Waals surface area contributed by atoms with Crippen LogP contribution in [-0.4, -0.2) is 30.0 Å². The monoisotopic (exact) mass is 274 g/mol. The number of benzene rings is 1. The predicted molar refractivity (Wildman–Crippen MR) is 72.5 cm³/mol. The first kappa shape index (κ1) is 13.8. The average Bonchev–Trinajstić information content (AvgIpc) is 2.47. The average molecular weight is 274 g/mol. The van der Waals surface area contributed by atoms with E-state index in [9.17, 15) is 9.59 Å². The number of aromatic nitrogens is 2. The highest BCUT2D eigenvalue weighted by molar-refractivity contribution is 5.86. The molecule has 6 nitrogen and oxygen atoms in total. The number of carbonyl (C=O) groups excluding carboxylic acids is 1. The van der Waals surface area contributed by atoms with E-state index >= 15 is 0 Å². The van der Waals surface area contributed by atoms with Crippen LogP contribution in [0.25, 0.3) is 5.69 Å². The minimum Gasteiger partial charge on any atom is -0.496 e. The molecule has 0 unspecified atom stereocenters. The molecule has 2 aromatic rings. The Morgan fingerprint density at radius 3 is 2.60 bits per heavy atom. The number of esters is 1. The van der Waals surface area contributed by atoms with Crippen molar-refractivity contribution in [3.63, 3.8) is 0 Å². The quantitative estimate of drug-likeness (QED) is 0.790. The van der Waals surface area contributed by atoms with E-state index in [1.54, 1.807) is 19.2 Å². The second-order valence-electron chi connectivity index (χ2n) is 4.12. The first-order chi connectivity index (χ1) is 9.56. The summed E-state index contributed by atoms with van der Waals surface area (Å²) in [5.41, 5.74) is 0.917. The van der Waals surface area contributed by atoms with Crippen LogP contribution >= 0.6 is 0 Å². The van der Waals surface area contributed by atoms with Gasteiger partial charge in [-0.2, -0.15) is 5.10 Å². The number of hydrogen-bond donors (Lipinski definition) is 0. The van der Waals surface area contributed by atoms with Crippen LogP contribution in [0.3, 0.4) is 0 Å². The molecule has 0 atom stereocenters. The van der Waals surface area contributed by atoms with Crippen molar-refractivity contribution in [2.75, 3.05) is 14.2 Å². The molecule has 20 heavy (non-hydrogen) atoms. The largest absolute Gasteiger partial charge is 0.496 e. The lowest BCUT2D eigenvalue weighted by Gasteiger charge is -2.09. The van der Waals surface area contributed by atoms with Crippen LogP contribution in [0, 0.1) is 6.92 Å². The maximum atomic E-state index is 11.6. The fraction of sp³-hybridized carbons (Fsp3) is 0.214. The summed E-state index contributed by atoms with van der Waals surface area (Å²) in [6.45, 7) is 1.89. The number of hydrogen-bond acceptors (Lipinski definition) is 5. The van der Waals surface area contributed by atoms with Gasteiger partial charge in [-0.3, -0.25) is 4.79 Å². The van der Waals surface area contributed by atoms with E-state index in [1.165, 1.54) is 24.1 Å². The molecule has 104 valence electrons. The second kappa shape index (κ2) is 5.56. The van der Waals surface area contributed by atoms with Crippen LogP contribution in [0.5, 0.6) is 5.75 Å². The van der Waals surface area contributed by atoms with E-state index in [-0.39, 0.29) is 5.69 Å². The topological polar surface area (TPSA) is 70.4 Å². The predicted octanol–water partition coefficient (Wildman–Crippen LogP) is 1.34. The summed E-state index contributed by atoms with van der Waals surface area (Å²) >= 11 is 0. The van der Waals surface area contributed by atoms with E-state index in [0.717, 1.165) is 11.3 Å². The highest BCUT2D eigenvalue weighted by Gasteiger charge is 2.13. The molecule has 0 radical (unpaired) electrons. The van der Waals surface area contributed by atoms with E-state index in [0.29, 0.717) is 5.69 Å². The number of methoxy groups -OCH3 is 2. The lowest BCUT2D eigenvalue weighted by Crippen LogP contribution is -2.21. The first-order valence-corrected chi connectivity index (χ1v) is 5.90. The molecule has 0 amide bonds. The molecular weight excluding hydrogens is 260 g/mol. The molecule has 0 bridgehead atoms. The number of rotatable bonds is 3. The summed E-state index contributed by atoms with van der Waals surface area (Å²) in [5, 5.41) is 4.00. The van der Waals surface area contributed by atoms with Crippen LogP contribution in [0.4, 0.5) is 0 Å². The number of carbonyl (C=O) groups is 1. The molecule has 0 saturated heterocycles. The first-order valence-electron chi connectivity index (χ1n) is 5.90. The van der Waals surface area contributed by atoms with Crippen LogP contribution < -0.4 is 10.2 Å². The SMILES string of the molecule is COC(=O)c1nn(-c2ccc(OC)c(C)c2)ccc1=O. The van der Waals surface area contributed by atoms with Crippen molar-refractivity contribution in [1.29, 1.82) is 0 Å². The lowest BCUT2D eigenvalue weighted by atomic mass is 10.2. The van der Waals surface area contributed by atoms with Gasteiger partial charge in [0.2, 0.25) is 11.1 Å². The van der Waals surface area contributed by atoms with Gasteiger partial charge in [-0.15, -0.1) is 0 Å². The van der Waals surface area contributed by atoms with Crippen molar-refractivity contribution >= 4 is 5.97 Å². The molecule has 0 spiro atoms. The number of aryl methyl sites for hydroxylation is 1. The molecule has 1 heterocycles. The third-order valence-electron chi connectivity index (χ3n) is 2.83. The minimum atomic E-state index is -0.755. The van der Waals surface area contributed by atoms with Gasteiger partial charge in [0.15, 0.2) is 0 Å². The van der Waals surface area contributed by atoms with Gasteiger partial charge in [0.25, 0.3) is 0 Å². The molecule has 0 aliphatic carbocycles. The molecule has 6 heteroatoms. The van der Waals surface area contributed by atoms with Gasteiger partial charge in [-0.1, -0.05) is 0 Å². The van der Waals surface area contributed by atoms with Gasteiger partial charge in [0.1, 0.15) is 5.75 Å². The lowest BCUT2D eigenvalue weighted by molar-refractivity contribution is 0.0590. The van der Waals surface area contributed by atoms with Crippen molar-refractivity contribution in [1.82, 2.24) is 9.78 Å². The summed E-state index contributed by atoms with van der Waals surface area (Å²) in [6.07, 6.45) is 1.50. The minimum absolute atomic E-state index is 0.247. The molecule has 1 aromatic heterocycles. The Balaban J connectivity index is 2.51. The standard InChI is InChI=1S/C14H14N2O4/c1-9-8-10(4-5-12(9)19-2)16-7-6-11(17)13(15-16)14(18)20-3/h4-8H,1-3H3. The summed E-state index contributed by atoms with van der Waals surface area (Å²) in [7, 11) is 2.80. The zero-order chi connectivity index (χ0) is 14.7. The molecule has 1 aromatic carbocycles. The molecule has 0 N–H and O–H groups in total. The summed E-state index contributed by atoms with van der Waals surface area (Å²) in [6, 6.07) is 6.70. The third kappa shape index (κ3) is 2.54. The van der Waals surface area contributed by atoms with Gasteiger partial charge < -0.3 is 9.47 Å². The van der Waals surface area contributed by atoms with E-state index in [2.05, 4.69) is 9.84 Å². The Bertz CT molecular complexity index is 707. The highest BCUT2D eigenvalue weighted by Crippen LogP contribution is 2.20. The summed E-state index contributed by atoms with van der Waals surface area (Å²) in [5.74, 6) is -0.00225. The van der Waals surface area contributed by atoms with E-state index < -0.39 is 11.4 Å². The fourth-order valence-corrected chi connectivity index (χ4v) is 1.79. The number of ether oxygens (including phenoxy) is 2. The van der Waals surface area contributed by atoms with Crippen LogP contribution in [-0.2, 0) is 4.74 Å². The van der Waals surface area contributed by atoms with Crippen LogP contribution in [0.15, 0.2) is 35.3 Å². The number of nitrogens with zero attached hydrogens (tertiary/aromatic N) is 2. The third-order valence-corrected chi connectivity index (χ3v) is 2.83. The van der Waals surface area contributed by atoms with Crippen molar-refractivity contribution in [3.8, 4) is 11.4 Å². The second-order valence-corrected chi connectivity index (χ2v) is 4.12. The molecule has 0 aliphatic rings. The maximum absolute atomic E-state index is 11.6. The van der Waals surface area contributed by atoms with Crippen molar-refractivity contribution in [2.24, 2.45) is 0 Å². The zero-order valence-electron chi connectivity index (χ0n) is 11.4. The fourth-order valence-electron chi connectivity index (χ4n) is 1.79. The Kier molecular flexibility index (Phi) is 3.84. The van der Waals surface area contributed by atoms with Crippen molar-refractivity contribution in [3.05, 3.63) is 51.9 Å². The summed E-state index contributed by atoms with van der Waals surface area (Å²) < 4.78 is 11.2. The Morgan fingerprint density at radius 2 is 2.00 bits per heavy atom. The summed E-state index contributed by atoms with van der Waals surface area (Å²) in [4.78, 5) is 23.0. The smallest absolute Gasteiger partial charge is 0.362 e. The van der Waals surface area contributed by atoms with Gasteiger partial charge in [-0.25, -0.2) is 9.48 Å². The maximum Gasteiger partial charge on any atom is 0.362 e. The Labute approximate surface area is 115 Å². The van der Waals surface area contributed by atoms with Gasteiger partial charge in [0, 0.05) is 12.3 Å².